The second-order valence-corrected chi connectivity index (χ2v) is 7.13. The van der Waals surface area contributed by atoms with E-state index in [0.29, 0.717) is 19.4 Å². The molecule has 3 rings (SSSR count). The molecule has 0 fully saturated rings. The fourth-order valence-electron chi connectivity index (χ4n) is 3.72. The van der Waals surface area contributed by atoms with Gasteiger partial charge in [0, 0.05) is 12.2 Å². The number of carboxylic acid groups (broad SMARTS) is 1. The lowest BCUT2D eigenvalue weighted by Gasteiger charge is -2.41. The number of carbonyl (C=O) groups is 2. The average molecular weight is 313 g/mol. The number of benzene rings is 1. The summed E-state index contributed by atoms with van der Waals surface area (Å²) in [6, 6.07) is 7.99. The topological polar surface area (TPSA) is 57.6 Å². The Balaban J connectivity index is 1.94. The van der Waals surface area contributed by atoms with Crippen molar-refractivity contribution < 1.29 is 14.7 Å². The zero-order valence-corrected chi connectivity index (χ0v) is 13.7. The molecule has 2 aliphatic rings. The van der Waals surface area contributed by atoms with E-state index in [-0.39, 0.29) is 11.3 Å². The van der Waals surface area contributed by atoms with E-state index in [1.54, 1.807) is 4.90 Å². The summed E-state index contributed by atoms with van der Waals surface area (Å²) in [5.74, 6) is -2.01. The summed E-state index contributed by atoms with van der Waals surface area (Å²) in [5, 5.41) is 9.43. The average Bonchev–Trinajstić information content (AvgIpc) is 2.54. The summed E-state index contributed by atoms with van der Waals surface area (Å²) < 4.78 is 0. The fourth-order valence-corrected chi connectivity index (χ4v) is 3.72. The van der Waals surface area contributed by atoms with E-state index in [2.05, 4.69) is 19.9 Å². The summed E-state index contributed by atoms with van der Waals surface area (Å²) >= 11 is 0. The van der Waals surface area contributed by atoms with Crippen LogP contribution in [0.1, 0.15) is 38.7 Å². The molecule has 23 heavy (non-hydrogen) atoms. The number of rotatable bonds is 2. The third kappa shape index (κ3) is 2.78. The van der Waals surface area contributed by atoms with Crippen LogP contribution in [0.15, 0.2) is 36.4 Å². The van der Waals surface area contributed by atoms with E-state index < -0.39 is 17.8 Å². The van der Waals surface area contributed by atoms with Crippen LogP contribution in [0.2, 0.25) is 0 Å². The van der Waals surface area contributed by atoms with Gasteiger partial charge < -0.3 is 10.0 Å². The summed E-state index contributed by atoms with van der Waals surface area (Å²) in [7, 11) is 0. The maximum absolute atomic E-state index is 13.1. The van der Waals surface area contributed by atoms with Crippen LogP contribution in [0, 0.1) is 11.8 Å². The lowest BCUT2D eigenvalue weighted by atomic mass is 9.76. The van der Waals surface area contributed by atoms with Crippen molar-refractivity contribution in [2.24, 2.45) is 11.8 Å². The maximum Gasteiger partial charge on any atom is 0.307 e. The number of aliphatic carboxylic acids is 1. The van der Waals surface area contributed by atoms with Gasteiger partial charge in [-0.3, -0.25) is 9.59 Å². The SMILES string of the molecule is CC1(C)CCN(C(=O)[C@H]2CC=CC[C@H]2C(=O)O)c2ccccc21. The summed E-state index contributed by atoms with van der Waals surface area (Å²) in [4.78, 5) is 26.4. The molecule has 0 unspecified atom stereocenters. The summed E-state index contributed by atoms with van der Waals surface area (Å²) in [5.41, 5.74) is 2.14. The van der Waals surface area contributed by atoms with Crippen molar-refractivity contribution in [3.8, 4) is 0 Å². The first-order valence-corrected chi connectivity index (χ1v) is 8.20. The van der Waals surface area contributed by atoms with Gasteiger partial charge in [0.05, 0.1) is 11.8 Å². The number of amides is 1. The molecule has 0 spiro atoms. The van der Waals surface area contributed by atoms with E-state index in [0.717, 1.165) is 17.7 Å². The van der Waals surface area contributed by atoms with Gasteiger partial charge in [-0.25, -0.2) is 0 Å². The first-order valence-electron chi connectivity index (χ1n) is 8.20. The Kier molecular flexibility index (Phi) is 4.00. The van der Waals surface area contributed by atoms with Gasteiger partial charge in [-0.1, -0.05) is 44.2 Å². The van der Waals surface area contributed by atoms with Gasteiger partial charge in [0.2, 0.25) is 5.91 Å². The Hall–Kier alpha value is -2.10. The van der Waals surface area contributed by atoms with Crippen LogP contribution >= 0.6 is 0 Å². The number of carboxylic acids is 1. The zero-order valence-electron chi connectivity index (χ0n) is 13.7. The van der Waals surface area contributed by atoms with Gasteiger partial charge in [-0.15, -0.1) is 0 Å². The Labute approximate surface area is 136 Å². The van der Waals surface area contributed by atoms with Gasteiger partial charge in [-0.05, 0) is 36.3 Å². The molecule has 4 heteroatoms. The van der Waals surface area contributed by atoms with Crippen LogP contribution in [-0.4, -0.2) is 23.5 Å². The fraction of sp³-hybridized carbons (Fsp3) is 0.474. The lowest BCUT2D eigenvalue weighted by Crippen LogP contribution is -2.46. The number of allylic oxidation sites excluding steroid dienone is 2. The molecule has 0 aromatic heterocycles. The van der Waals surface area contributed by atoms with Gasteiger partial charge in [0.25, 0.3) is 0 Å². The molecule has 1 amide bonds. The molecular formula is C19H23NO3. The largest absolute Gasteiger partial charge is 0.481 e. The Morgan fingerprint density at radius 3 is 2.48 bits per heavy atom. The molecule has 1 aliphatic carbocycles. The smallest absolute Gasteiger partial charge is 0.307 e. The Bertz CT molecular complexity index is 662. The van der Waals surface area contributed by atoms with Crippen molar-refractivity contribution >= 4 is 17.6 Å². The van der Waals surface area contributed by atoms with Crippen LogP contribution in [-0.2, 0) is 15.0 Å². The van der Waals surface area contributed by atoms with Crippen molar-refractivity contribution in [2.75, 3.05) is 11.4 Å². The second kappa shape index (κ2) is 5.84. The maximum atomic E-state index is 13.1. The quantitative estimate of drug-likeness (QED) is 0.852. The van der Waals surface area contributed by atoms with E-state index in [1.807, 2.05) is 30.4 Å². The monoisotopic (exact) mass is 313 g/mol. The predicted octanol–water partition coefficient (Wildman–Crippen LogP) is 3.37. The highest BCUT2D eigenvalue weighted by molar-refractivity contribution is 5.98. The molecule has 1 aromatic rings. The lowest BCUT2D eigenvalue weighted by molar-refractivity contribution is -0.146. The van der Waals surface area contributed by atoms with Crippen LogP contribution in [0.25, 0.3) is 0 Å². The Morgan fingerprint density at radius 2 is 1.78 bits per heavy atom. The van der Waals surface area contributed by atoms with Crippen LogP contribution in [0.3, 0.4) is 0 Å². The number of fused-ring (bicyclic) bond motifs is 1. The standard InChI is InChI=1S/C19H23NO3/c1-19(2)11-12-20(16-10-6-5-9-15(16)19)17(21)13-7-3-4-8-14(13)18(22)23/h3-6,9-10,13-14H,7-8,11-12H2,1-2H3,(H,22,23)/t13-,14+/m0/s1. The number of hydrogen-bond donors (Lipinski definition) is 1. The van der Waals surface area contributed by atoms with E-state index in [9.17, 15) is 14.7 Å². The van der Waals surface area contributed by atoms with Crippen LogP contribution < -0.4 is 4.90 Å². The minimum atomic E-state index is -0.877. The van der Waals surface area contributed by atoms with Crippen LogP contribution in [0.4, 0.5) is 5.69 Å². The number of hydrogen-bond acceptors (Lipinski definition) is 2. The molecular weight excluding hydrogens is 290 g/mol. The second-order valence-electron chi connectivity index (χ2n) is 7.13. The summed E-state index contributed by atoms with van der Waals surface area (Å²) in [6.07, 6.45) is 5.64. The minimum Gasteiger partial charge on any atom is -0.481 e. The molecule has 2 atom stereocenters. The molecule has 1 aliphatic heterocycles. The number of anilines is 1. The van der Waals surface area contributed by atoms with Crippen molar-refractivity contribution in [2.45, 2.75) is 38.5 Å². The molecule has 0 saturated heterocycles. The molecule has 1 N–H and O–H groups in total. The molecule has 122 valence electrons. The van der Waals surface area contributed by atoms with E-state index in [1.165, 1.54) is 0 Å². The first-order chi connectivity index (χ1) is 10.9. The van der Waals surface area contributed by atoms with Gasteiger partial charge >= 0.3 is 5.97 Å². The van der Waals surface area contributed by atoms with Crippen molar-refractivity contribution in [3.63, 3.8) is 0 Å². The number of nitrogens with zero attached hydrogens (tertiary/aromatic N) is 1. The molecule has 1 aromatic carbocycles. The highest BCUT2D eigenvalue weighted by Gasteiger charge is 2.40. The normalized spacial score (nSPS) is 25.7. The molecule has 0 saturated carbocycles. The van der Waals surface area contributed by atoms with E-state index in [4.69, 9.17) is 0 Å². The minimum absolute atomic E-state index is 0.0338. The number of para-hydroxylation sites is 1. The van der Waals surface area contributed by atoms with Gasteiger partial charge in [0.15, 0.2) is 0 Å². The first kappa shape index (κ1) is 15.8. The van der Waals surface area contributed by atoms with Crippen LogP contribution in [0.5, 0.6) is 0 Å². The van der Waals surface area contributed by atoms with Gasteiger partial charge in [-0.2, -0.15) is 0 Å². The molecule has 0 bridgehead atoms. The third-order valence-corrected chi connectivity index (χ3v) is 5.22. The highest BCUT2D eigenvalue weighted by Crippen LogP contribution is 2.41. The van der Waals surface area contributed by atoms with Gasteiger partial charge in [0.1, 0.15) is 0 Å². The summed E-state index contributed by atoms with van der Waals surface area (Å²) in [6.45, 7) is 5.03. The molecule has 0 radical (unpaired) electrons. The number of carbonyl (C=O) groups excluding carboxylic acids is 1. The van der Waals surface area contributed by atoms with E-state index >= 15 is 0 Å². The molecule has 1 heterocycles. The highest BCUT2D eigenvalue weighted by atomic mass is 16.4. The third-order valence-electron chi connectivity index (χ3n) is 5.22. The van der Waals surface area contributed by atoms with Crippen molar-refractivity contribution in [3.05, 3.63) is 42.0 Å². The predicted molar refractivity (Wildman–Crippen MR) is 89.4 cm³/mol. The molecule has 4 nitrogen and oxygen atoms in total. The van der Waals surface area contributed by atoms with Crippen molar-refractivity contribution in [1.82, 2.24) is 0 Å². The van der Waals surface area contributed by atoms with Crippen molar-refractivity contribution in [1.29, 1.82) is 0 Å². The Morgan fingerprint density at radius 1 is 1.13 bits per heavy atom. The zero-order chi connectivity index (χ0) is 16.6.